The summed E-state index contributed by atoms with van der Waals surface area (Å²) < 4.78 is 5.79. The van der Waals surface area contributed by atoms with Gasteiger partial charge in [0.15, 0.2) is 0 Å². The molecule has 1 heterocycles. The van der Waals surface area contributed by atoms with E-state index in [0.717, 1.165) is 51.8 Å². The lowest BCUT2D eigenvalue weighted by Crippen LogP contribution is -2.41. The number of nitrogens with zero attached hydrogens (tertiary/aromatic N) is 1. The standard InChI is InChI=1S/C17H34N2O2/c1-3-5-7-15(4-2)14-17(20)19-11-8-16(9-12-19)21-13-6-10-18/h15-16H,3-14,18H2,1-2H3. The fraction of sp³-hybridized carbons (Fsp3) is 0.941. The minimum atomic E-state index is 0.322. The molecule has 1 aliphatic heterocycles. The fourth-order valence-electron chi connectivity index (χ4n) is 2.92. The topological polar surface area (TPSA) is 55.6 Å². The molecule has 0 bridgehead atoms. The molecule has 1 unspecified atom stereocenters. The highest BCUT2D eigenvalue weighted by atomic mass is 16.5. The van der Waals surface area contributed by atoms with Crippen LogP contribution in [-0.2, 0) is 9.53 Å². The minimum Gasteiger partial charge on any atom is -0.378 e. The number of amides is 1. The van der Waals surface area contributed by atoms with Gasteiger partial charge in [-0.05, 0) is 38.1 Å². The van der Waals surface area contributed by atoms with Crippen LogP contribution in [0.25, 0.3) is 0 Å². The maximum Gasteiger partial charge on any atom is 0.222 e. The van der Waals surface area contributed by atoms with Crippen molar-refractivity contribution in [3.05, 3.63) is 0 Å². The van der Waals surface area contributed by atoms with Gasteiger partial charge in [0, 0.05) is 26.1 Å². The summed E-state index contributed by atoms with van der Waals surface area (Å²) in [7, 11) is 0. The summed E-state index contributed by atoms with van der Waals surface area (Å²) in [6, 6.07) is 0. The van der Waals surface area contributed by atoms with Crippen molar-refractivity contribution >= 4 is 5.91 Å². The smallest absolute Gasteiger partial charge is 0.222 e. The zero-order chi connectivity index (χ0) is 15.5. The Balaban J connectivity index is 2.24. The molecule has 124 valence electrons. The van der Waals surface area contributed by atoms with Crippen molar-refractivity contribution < 1.29 is 9.53 Å². The normalized spacial score (nSPS) is 18.0. The first kappa shape index (κ1) is 18.4. The molecule has 4 heteroatoms. The quantitative estimate of drug-likeness (QED) is 0.631. The molecule has 1 rings (SSSR count). The number of piperidine rings is 1. The van der Waals surface area contributed by atoms with Crippen LogP contribution >= 0.6 is 0 Å². The Morgan fingerprint density at radius 1 is 1.29 bits per heavy atom. The molecule has 0 spiro atoms. The van der Waals surface area contributed by atoms with Crippen molar-refractivity contribution in [1.82, 2.24) is 4.90 Å². The summed E-state index contributed by atoms with van der Waals surface area (Å²) in [6.45, 7) is 7.57. The molecule has 0 aromatic carbocycles. The van der Waals surface area contributed by atoms with Crippen LogP contribution in [-0.4, -0.2) is 43.2 Å². The Kier molecular flexibility index (Phi) is 9.68. The molecule has 0 aromatic rings. The van der Waals surface area contributed by atoms with Gasteiger partial charge in [-0.3, -0.25) is 4.79 Å². The number of hydrogen-bond acceptors (Lipinski definition) is 3. The van der Waals surface area contributed by atoms with Gasteiger partial charge >= 0.3 is 0 Å². The number of rotatable bonds is 10. The molecular formula is C17H34N2O2. The third-order valence-corrected chi connectivity index (χ3v) is 4.50. The predicted octanol–water partition coefficient (Wildman–Crippen LogP) is 2.95. The molecule has 0 aliphatic carbocycles. The zero-order valence-corrected chi connectivity index (χ0v) is 14.0. The highest BCUT2D eigenvalue weighted by Gasteiger charge is 2.24. The average molecular weight is 298 g/mol. The van der Waals surface area contributed by atoms with E-state index in [2.05, 4.69) is 13.8 Å². The summed E-state index contributed by atoms with van der Waals surface area (Å²) >= 11 is 0. The molecule has 1 amide bonds. The molecule has 0 saturated carbocycles. The first-order valence-corrected chi connectivity index (χ1v) is 8.80. The molecule has 0 aromatic heterocycles. The number of carbonyl (C=O) groups excluding carboxylic acids is 1. The number of likely N-dealkylation sites (tertiary alicyclic amines) is 1. The molecule has 1 atom stereocenters. The summed E-state index contributed by atoms with van der Waals surface area (Å²) in [5.74, 6) is 0.911. The van der Waals surface area contributed by atoms with E-state index >= 15 is 0 Å². The van der Waals surface area contributed by atoms with E-state index in [0.29, 0.717) is 24.5 Å². The van der Waals surface area contributed by atoms with Gasteiger partial charge in [-0.15, -0.1) is 0 Å². The van der Waals surface area contributed by atoms with Crippen LogP contribution < -0.4 is 5.73 Å². The van der Waals surface area contributed by atoms with E-state index < -0.39 is 0 Å². The minimum absolute atomic E-state index is 0.322. The van der Waals surface area contributed by atoms with Gasteiger partial charge in [-0.2, -0.15) is 0 Å². The van der Waals surface area contributed by atoms with Gasteiger partial charge in [0.05, 0.1) is 6.10 Å². The molecule has 0 radical (unpaired) electrons. The largest absolute Gasteiger partial charge is 0.378 e. The van der Waals surface area contributed by atoms with Crippen molar-refractivity contribution in [2.75, 3.05) is 26.2 Å². The van der Waals surface area contributed by atoms with Crippen LogP contribution in [0.2, 0.25) is 0 Å². The lowest BCUT2D eigenvalue weighted by atomic mass is 9.94. The van der Waals surface area contributed by atoms with E-state index in [-0.39, 0.29) is 0 Å². The maximum atomic E-state index is 12.4. The molecular weight excluding hydrogens is 264 g/mol. The van der Waals surface area contributed by atoms with Gasteiger partial charge in [0.2, 0.25) is 5.91 Å². The van der Waals surface area contributed by atoms with Gasteiger partial charge in [-0.25, -0.2) is 0 Å². The van der Waals surface area contributed by atoms with Crippen molar-refractivity contribution in [1.29, 1.82) is 0 Å². The zero-order valence-electron chi connectivity index (χ0n) is 14.0. The Morgan fingerprint density at radius 2 is 2.00 bits per heavy atom. The van der Waals surface area contributed by atoms with Gasteiger partial charge < -0.3 is 15.4 Å². The predicted molar refractivity (Wildman–Crippen MR) is 87.1 cm³/mol. The Hall–Kier alpha value is -0.610. The van der Waals surface area contributed by atoms with Crippen molar-refractivity contribution in [2.24, 2.45) is 11.7 Å². The van der Waals surface area contributed by atoms with Crippen LogP contribution in [0.4, 0.5) is 0 Å². The van der Waals surface area contributed by atoms with Crippen LogP contribution in [0, 0.1) is 5.92 Å². The van der Waals surface area contributed by atoms with E-state index in [4.69, 9.17) is 10.5 Å². The van der Waals surface area contributed by atoms with Crippen molar-refractivity contribution in [3.63, 3.8) is 0 Å². The number of carbonyl (C=O) groups is 1. The van der Waals surface area contributed by atoms with Gasteiger partial charge in [-0.1, -0.05) is 33.1 Å². The number of unbranched alkanes of at least 4 members (excludes halogenated alkanes) is 1. The summed E-state index contributed by atoms with van der Waals surface area (Å²) in [6.07, 6.45) is 8.69. The monoisotopic (exact) mass is 298 g/mol. The Labute approximate surface area is 130 Å². The second-order valence-corrected chi connectivity index (χ2v) is 6.21. The lowest BCUT2D eigenvalue weighted by Gasteiger charge is -2.33. The third-order valence-electron chi connectivity index (χ3n) is 4.50. The van der Waals surface area contributed by atoms with E-state index in [1.165, 1.54) is 19.3 Å². The second kappa shape index (κ2) is 11.0. The summed E-state index contributed by atoms with van der Waals surface area (Å²) in [5, 5.41) is 0. The highest BCUT2D eigenvalue weighted by molar-refractivity contribution is 5.76. The van der Waals surface area contributed by atoms with Crippen molar-refractivity contribution in [2.45, 2.75) is 71.3 Å². The van der Waals surface area contributed by atoms with Crippen LogP contribution in [0.1, 0.15) is 65.2 Å². The maximum absolute atomic E-state index is 12.4. The molecule has 1 aliphatic rings. The van der Waals surface area contributed by atoms with Crippen LogP contribution in [0.5, 0.6) is 0 Å². The first-order chi connectivity index (χ1) is 10.2. The van der Waals surface area contributed by atoms with E-state index in [9.17, 15) is 4.79 Å². The number of hydrogen-bond donors (Lipinski definition) is 1. The fourth-order valence-corrected chi connectivity index (χ4v) is 2.92. The van der Waals surface area contributed by atoms with Crippen LogP contribution in [0.15, 0.2) is 0 Å². The molecule has 4 nitrogen and oxygen atoms in total. The Morgan fingerprint density at radius 3 is 2.57 bits per heavy atom. The van der Waals surface area contributed by atoms with Gasteiger partial charge in [0.1, 0.15) is 0 Å². The Bertz CT molecular complexity index is 276. The SMILES string of the molecule is CCCCC(CC)CC(=O)N1CCC(OCCCN)CC1. The average Bonchev–Trinajstić information content (AvgIpc) is 2.52. The summed E-state index contributed by atoms with van der Waals surface area (Å²) in [5.41, 5.74) is 5.47. The van der Waals surface area contributed by atoms with Crippen LogP contribution in [0.3, 0.4) is 0 Å². The molecule has 2 N–H and O–H groups in total. The van der Waals surface area contributed by atoms with Gasteiger partial charge in [0.25, 0.3) is 0 Å². The number of nitrogens with two attached hydrogens (primary N) is 1. The molecule has 1 saturated heterocycles. The summed E-state index contributed by atoms with van der Waals surface area (Å²) in [4.78, 5) is 14.4. The number of ether oxygens (including phenoxy) is 1. The third kappa shape index (κ3) is 7.28. The van der Waals surface area contributed by atoms with E-state index in [1.807, 2.05) is 4.90 Å². The highest BCUT2D eigenvalue weighted by Crippen LogP contribution is 2.20. The molecule has 21 heavy (non-hydrogen) atoms. The first-order valence-electron chi connectivity index (χ1n) is 8.80. The molecule has 1 fully saturated rings. The lowest BCUT2D eigenvalue weighted by molar-refractivity contribution is -0.135. The second-order valence-electron chi connectivity index (χ2n) is 6.21. The van der Waals surface area contributed by atoms with E-state index in [1.54, 1.807) is 0 Å². The van der Waals surface area contributed by atoms with Crippen molar-refractivity contribution in [3.8, 4) is 0 Å².